The Labute approximate surface area is 86.4 Å². The van der Waals surface area contributed by atoms with Crippen LogP contribution in [-0.4, -0.2) is 35.7 Å². The van der Waals surface area contributed by atoms with Crippen molar-refractivity contribution in [1.82, 2.24) is 9.97 Å². The minimum absolute atomic E-state index is 0.00155. The first-order valence-corrected chi connectivity index (χ1v) is 4.59. The minimum atomic E-state index is -0.645. The molecule has 1 amide bonds. The summed E-state index contributed by atoms with van der Waals surface area (Å²) < 4.78 is 10.7. The lowest BCUT2D eigenvalue weighted by Gasteiger charge is -2.22. The highest BCUT2D eigenvalue weighted by atomic mass is 16.6. The van der Waals surface area contributed by atoms with Gasteiger partial charge < -0.3 is 15.2 Å². The SMILES string of the molecule is NC(=O)c1nccc([C@H]2COCCO2)n1. The van der Waals surface area contributed by atoms with Crippen molar-refractivity contribution in [1.29, 1.82) is 0 Å². The van der Waals surface area contributed by atoms with Crippen molar-refractivity contribution in [3.05, 3.63) is 23.8 Å². The first-order valence-electron chi connectivity index (χ1n) is 4.59. The van der Waals surface area contributed by atoms with Crippen molar-refractivity contribution < 1.29 is 14.3 Å². The molecular weight excluding hydrogens is 198 g/mol. The molecule has 1 saturated heterocycles. The van der Waals surface area contributed by atoms with E-state index in [0.29, 0.717) is 25.5 Å². The van der Waals surface area contributed by atoms with Gasteiger partial charge in [0, 0.05) is 6.20 Å². The van der Waals surface area contributed by atoms with Crippen molar-refractivity contribution in [3.63, 3.8) is 0 Å². The molecule has 1 aromatic heterocycles. The van der Waals surface area contributed by atoms with Crippen LogP contribution in [0.25, 0.3) is 0 Å². The molecule has 15 heavy (non-hydrogen) atoms. The van der Waals surface area contributed by atoms with Gasteiger partial charge in [0.05, 0.1) is 25.5 Å². The summed E-state index contributed by atoms with van der Waals surface area (Å²) in [4.78, 5) is 18.6. The van der Waals surface area contributed by atoms with E-state index in [9.17, 15) is 4.79 Å². The van der Waals surface area contributed by atoms with E-state index in [1.54, 1.807) is 6.07 Å². The minimum Gasteiger partial charge on any atom is -0.376 e. The summed E-state index contributed by atoms with van der Waals surface area (Å²) in [6.45, 7) is 1.56. The third-order valence-electron chi connectivity index (χ3n) is 2.04. The number of aromatic nitrogens is 2. The zero-order valence-electron chi connectivity index (χ0n) is 8.05. The van der Waals surface area contributed by atoms with E-state index in [1.165, 1.54) is 6.20 Å². The molecule has 0 unspecified atom stereocenters. The Kier molecular flexibility index (Phi) is 2.89. The Balaban J connectivity index is 2.19. The molecule has 2 heterocycles. The van der Waals surface area contributed by atoms with Crippen LogP contribution < -0.4 is 5.73 Å². The molecular formula is C9H11N3O3. The molecule has 2 N–H and O–H groups in total. The third-order valence-corrected chi connectivity index (χ3v) is 2.04. The number of carbonyl (C=O) groups excluding carboxylic acids is 1. The van der Waals surface area contributed by atoms with Crippen molar-refractivity contribution in [2.45, 2.75) is 6.10 Å². The Morgan fingerprint density at radius 1 is 1.53 bits per heavy atom. The van der Waals surface area contributed by atoms with Gasteiger partial charge in [0.2, 0.25) is 5.82 Å². The second-order valence-corrected chi connectivity index (χ2v) is 3.10. The number of carbonyl (C=O) groups is 1. The van der Waals surface area contributed by atoms with E-state index >= 15 is 0 Å². The van der Waals surface area contributed by atoms with Crippen LogP contribution in [0, 0.1) is 0 Å². The summed E-state index contributed by atoms with van der Waals surface area (Å²) in [5, 5.41) is 0. The average molecular weight is 209 g/mol. The fourth-order valence-corrected chi connectivity index (χ4v) is 1.33. The predicted molar refractivity (Wildman–Crippen MR) is 50.1 cm³/mol. The van der Waals surface area contributed by atoms with E-state index in [2.05, 4.69) is 9.97 Å². The van der Waals surface area contributed by atoms with E-state index in [1.807, 2.05) is 0 Å². The molecule has 80 valence electrons. The summed E-state index contributed by atoms with van der Waals surface area (Å²) in [5.74, 6) is -0.643. The lowest BCUT2D eigenvalue weighted by atomic mass is 10.2. The number of primary amides is 1. The molecule has 0 spiro atoms. The summed E-state index contributed by atoms with van der Waals surface area (Å²) in [6, 6.07) is 1.69. The van der Waals surface area contributed by atoms with Crippen LogP contribution in [0.3, 0.4) is 0 Å². The normalized spacial score (nSPS) is 21.2. The monoisotopic (exact) mass is 209 g/mol. The topological polar surface area (TPSA) is 87.3 Å². The van der Waals surface area contributed by atoms with Crippen molar-refractivity contribution in [2.75, 3.05) is 19.8 Å². The molecule has 6 nitrogen and oxygen atoms in total. The molecule has 2 rings (SSSR count). The zero-order valence-corrected chi connectivity index (χ0v) is 8.05. The fourth-order valence-electron chi connectivity index (χ4n) is 1.33. The Bertz CT molecular complexity index is 363. The summed E-state index contributed by atoms with van der Waals surface area (Å²) >= 11 is 0. The van der Waals surface area contributed by atoms with Crippen molar-refractivity contribution >= 4 is 5.91 Å². The number of amides is 1. The fraction of sp³-hybridized carbons (Fsp3) is 0.444. The number of hydrogen-bond donors (Lipinski definition) is 1. The average Bonchev–Trinajstić information content (AvgIpc) is 2.30. The van der Waals surface area contributed by atoms with Crippen LogP contribution in [0.1, 0.15) is 22.4 Å². The molecule has 0 saturated carbocycles. The molecule has 6 heteroatoms. The second-order valence-electron chi connectivity index (χ2n) is 3.10. The molecule has 0 bridgehead atoms. The number of rotatable bonds is 2. The first kappa shape index (κ1) is 10.0. The molecule has 1 atom stereocenters. The van der Waals surface area contributed by atoms with Gasteiger partial charge in [-0.3, -0.25) is 4.79 Å². The van der Waals surface area contributed by atoms with Gasteiger partial charge in [0.15, 0.2) is 0 Å². The highest BCUT2D eigenvalue weighted by Crippen LogP contribution is 2.17. The molecule has 0 aromatic carbocycles. The van der Waals surface area contributed by atoms with Crippen molar-refractivity contribution in [2.24, 2.45) is 5.73 Å². The van der Waals surface area contributed by atoms with E-state index in [-0.39, 0.29) is 11.9 Å². The molecule has 1 aliphatic rings. The van der Waals surface area contributed by atoms with Crippen LogP contribution >= 0.6 is 0 Å². The van der Waals surface area contributed by atoms with Gasteiger partial charge in [-0.05, 0) is 6.07 Å². The highest BCUT2D eigenvalue weighted by molar-refractivity contribution is 5.88. The number of hydrogen-bond acceptors (Lipinski definition) is 5. The molecule has 1 aromatic rings. The van der Waals surface area contributed by atoms with Gasteiger partial charge in [-0.25, -0.2) is 9.97 Å². The second kappa shape index (κ2) is 4.33. The summed E-state index contributed by atoms with van der Waals surface area (Å²) in [7, 11) is 0. The summed E-state index contributed by atoms with van der Waals surface area (Å²) in [5.41, 5.74) is 5.70. The van der Waals surface area contributed by atoms with Crippen LogP contribution in [0.4, 0.5) is 0 Å². The quantitative estimate of drug-likeness (QED) is 0.720. The molecule has 0 radical (unpaired) electrons. The zero-order chi connectivity index (χ0) is 10.7. The molecule has 1 aliphatic heterocycles. The maximum atomic E-state index is 10.9. The number of ether oxygens (including phenoxy) is 2. The maximum Gasteiger partial charge on any atom is 0.286 e. The lowest BCUT2D eigenvalue weighted by molar-refractivity contribution is -0.0918. The predicted octanol–water partition coefficient (Wildman–Crippen LogP) is -0.337. The molecule has 1 fully saturated rings. The van der Waals surface area contributed by atoms with E-state index in [4.69, 9.17) is 15.2 Å². The highest BCUT2D eigenvalue weighted by Gasteiger charge is 2.19. The first-order chi connectivity index (χ1) is 7.27. The van der Waals surface area contributed by atoms with E-state index in [0.717, 1.165) is 0 Å². The maximum absolute atomic E-state index is 10.9. The van der Waals surface area contributed by atoms with Crippen LogP contribution in [0.5, 0.6) is 0 Å². The lowest BCUT2D eigenvalue weighted by Crippen LogP contribution is -2.24. The van der Waals surface area contributed by atoms with Gasteiger partial charge in [-0.2, -0.15) is 0 Å². The van der Waals surface area contributed by atoms with E-state index < -0.39 is 5.91 Å². The van der Waals surface area contributed by atoms with Gasteiger partial charge in [0.1, 0.15) is 6.10 Å². The van der Waals surface area contributed by atoms with Gasteiger partial charge in [0.25, 0.3) is 5.91 Å². The summed E-state index contributed by atoms with van der Waals surface area (Å²) in [6.07, 6.45) is 1.25. The van der Waals surface area contributed by atoms with Gasteiger partial charge in [-0.15, -0.1) is 0 Å². The Hall–Kier alpha value is -1.53. The van der Waals surface area contributed by atoms with Crippen LogP contribution in [0.2, 0.25) is 0 Å². The number of nitrogens with two attached hydrogens (primary N) is 1. The Morgan fingerprint density at radius 3 is 3.07 bits per heavy atom. The standard InChI is InChI=1S/C9H11N3O3/c10-8(13)9-11-2-1-6(12-9)7-5-14-3-4-15-7/h1-2,7H,3-5H2,(H2,10,13)/t7-/m1/s1. The number of nitrogens with zero attached hydrogens (tertiary/aromatic N) is 2. The van der Waals surface area contributed by atoms with Gasteiger partial charge >= 0.3 is 0 Å². The largest absolute Gasteiger partial charge is 0.376 e. The van der Waals surface area contributed by atoms with Crippen LogP contribution in [0.15, 0.2) is 12.3 Å². The third kappa shape index (κ3) is 2.28. The van der Waals surface area contributed by atoms with Crippen molar-refractivity contribution in [3.8, 4) is 0 Å². The van der Waals surface area contributed by atoms with Gasteiger partial charge in [-0.1, -0.05) is 0 Å². The smallest absolute Gasteiger partial charge is 0.286 e. The van der Waals surface area contributed by atoms with Crippen LogP contribution in [-0.2, 0) is 9.47 Å². The molecule has 0 aliphatic carbocycles. The Morgan fingerprint density at radius 2 is 2.40 bits per heavy atom.